The van der Waals surface area contributed by atoms with Crippen molar-refractivity contribution in [2.24, 2.45) is 0 Å². The maximum atomic E-state index is 13.3. The van der Waals surface area contributed by atoms with Crippen molar-refractivity contribution in [2.45, 2.75) is 32.0 Å². The predicted octanol–water partition coefficient (Wildman–Crippen LogP) is 5.63. The van der Waals surface area contributed by atoms with Crippen LogP contribution in [-0.2, 0) is 22.6 Å². The monoisotopic (exact) mass is 481 g/mol. The number of ether oxygens (including phenoxy) is 1. The van der Waals surface area contributed by atoms with Crippen LogP contribution >= 0.6 is 0 Å². The predicted molar refractivity (Wildman–Crippen MR) is 138 cm³/mol. The zero-order valence-electron chi connectivity index (χ0n) is 19.9. The average Bonchev–Trinajstić information content (AvgIpc) is 3.51. The molecule has 2 aromatic heterocycles. The number of benzene rings is 3. The van der Waals surface area contributed by atoms with Crippen LogP contribution in [0.15, 0.2) is 95.7 Å². The molecule has 0 spiro atoms. The molecule has 0 radical (unpaired) electrons. The van der Waals surface area contributed by atoms with Crippen LogP contribution in [0.25, 0.3) is 21.9 Å². The lowest BCUT2D eigenvalue weighted by atomic mass is 10.0. The SMILES string of the molecule is C[C@H](NC(=O)[C@@H](Cc1c[nH]c2ccccc12)NC(=O)OCc1coc2ccccc12)c1ccccc1. The van der Waals surface area contributed by atoms with Gasteiger partial charge in [0.15, 0.2) is 0 Å². The molecule has 3 N–H and O–H groups in total. The average molecular weight is 482 g/mol. The summed E-state index contributed by atoms with van der Waals surface area (Å²) in [5.41, 5.74) is 4.36. The molecule has 0 bridgehead atoms. The van der Waals surface area contributed by atoms with E-state index in [2.05, 4.69) is 15.6 Å². The van der Waals surface area contributed by atoms with Gasteiger partial charge in [-0.1, -0.05) is 66.7 Å². The van der Waals surface area contributed by atoms with Gasteiger partial charge in [0.25, 0.3) is 0 Å². The Morgan fingerprint density at radius 1 is 0.889 bits per heavy atom. The molecular weight excluding hydrogens is 454 g/mol. The van der Waals surface area contributed by atoms with E-state index in [1.54, 1.807) is 6.26 Å². The molecule has 2 heterocycles. The number of rotatable bonds is 8. The van der Waals surface area contributed by atoms with Crippen LogP contribution in [0.2, 0.25) is 0 Å². The van der Waals surface area contributed by atoms with Crippen molar-refractivity contribution >= 4 is 33.9 Å². The molecule has 2 atom stereocenters. The van der Waals surface area contributed by atoms with Gasteiger partial charge in [-0.3, -0.25) is 4.79 Å². The Bertz CT molecular complexity index is 1490. The van der Waals surface area contributed by atoms with Gasteiger partial charge >= 0.3 is 6.09 Å². The molecule has 0 saturated heterocycles. The largest absolute Gasteiger partial charge is 0.464 e. The van der Waals surface area contributed by atoms with Gasteiger partial charge in [0.2, 0.25) is 5.91 Å². The zero-order valence-corrected chi connectivity index (χ0v) is 19.9. The van der Waals surface area contributed by atoms with Crippen molar-refractivity contribution in [1.29, 1.82) is 0 Å². The fourth-order valence-electron chi connectivity index (χ4n) is 4.34. The van der Waals surface area contributed by atoms with E-state index in [1.807, 2.05) is 92.0 Å². The summed E-state index contributed by atoms with van der Waals surface area (Å²) in [6.45, 7) is 1.95. The Labute approximate surface area is 208 Å². The second-order valence-corrected chi connectivity index (χ2v) is 8.73. The minimum absolute atomic E-state index is 0.0324. The fraction of sp³-hybridized carbons (Fsp3) is 0.172. The fourth-order valence-corrected chi connectivity index (χ4v) is 4.34. The Morgan fingerprint density at radius 2 is 1.61 bits per heavy atom. The summed E-state index contributed by atoms with van der Waals surface area (Å²) < 4.78 is 11.0. The van der Waals surface area contributed by atoms with E-state index >= 15 is 0 Å². The number of fused-ring (bicyclic) bond motifs is 2. The number of H-pyrrole nitrogens is 1. The number of hydrogen-bond donors (Lipinski definition) is 3. The number of aromatic amines is 1. The summed E-state index contributed by atoms with van der Waals surface area (Å²) in [6.07, 6.45) is 3.08. The third kappa shape index (κ3) is 5.10. The number of furan rings is 1. The van der Waals surface area contributed by atoms with Crippen LogP contribution in [0.3, 0.4) is 0 Å². The van der Waals surface area contributed by atoms with Crippen molar-refractivity contribution in [3.63, 3.8) is 0 Å². The first-order chi connectivity index (χ1) is 17.6. The van der Waals surface area contributed by atoms with Gasteiger partial charge in [-0.2, -0.15) is 0 Å². The molecule has 0 aliphatic rings. The molecule has 7 nitrogen and oxygen atoms in total. The molecule has 0 fully saturated rings. The summed E-state index contributed by atoms with van der Waals surface area (Å²) in [5.74, 6) is -0.289. The Kier molecular flexibility index (Phi) is 6.71. The van der Waals surface area contributed by atoms with Crippen LogP contribution in [0, 0.1) is 0 Å². The van der Waals surface area contributed by atoms with Gasteiger partial charge in [-0.15, -0.1) is 0 Å². The molecule has 0 saturated carbocycles. The molecular formula is C29H27N3O4. The van der Waals surface area contributed by atoms with E-state index in [-0.39, 0.29) is 18.6 Å². The summed E-state index contributed by atoms with van der Waals surface area (Å²) in [4.78, 5) is 29.3. The molecule has 2 amide bonds. The third-order valence-corrected chi connectivity index (χ3v) is 6.29. The topological polar surface area (TPSA) is 96.4 Å². The highest BCUT2D eigenvalue weighted by molar-refractivity contribution is 5.88. The minimum atomic E-state index is -0.830. The molecule has 3 aromatic carbocycles. The van der Waals surface area contributed by atoms with Crippen molar-refractivity contribution in [3.05, 3.63) is 108 Å². The van der Waals surface area contributed by atoms with Crippen molar-refractivity contribution in [1.82, 2.24) is 15.6 Å². The van der Waals surface area contributed by atoms with Gasteiger partial charge in [-0.25, -0.2) is 4.79 Å². The minimum Gasteiger partial charge on any atom is -0.464 e. The molecule has 7 heteroatoms. The van der Waals surface area contributed by atoms with Gasteiger partial charge in [-0.05, 0) is 30.2 Å². The number of alkyl carbamates (subject to hydrolysis) is 1. The van der Waals surface area contributed by atoms with E-state index in [0.29, 0.717) is 6.42 Å². The van der Waals surface area contributed by atoms with E-state index in [0.717, 1.165) is 38.6 Å². The van der Waals surface area contributed by atoms with E-state index in [1.165, 1.54) is 0 Å². The Balaban J connectivity index is 1.31. The Morgan fingerprint density at radius 3 is 2.44 bits per heavy atom. The third-order valence-electron chi connectivity index (χ3n) is 6.29. The molecule has 0 aliphatic heterocycles. The summed E-state index contributed by atoms with van der Waals surface area (Å²) in [5, 5.41) is 7.68. The smallest absolute Gasteiger partial charge is 0.408 e. The molecule has 5 rings (SSSR count). The second kappa shape index (κ2) is 10.4. The van der Waals surface area contributed by atoms with Crippen LogP contribution in [0.5, 0.6) is 0 Å². The highest BCUT2D eigenvalue weighted by Gasteiger charge is 2.25. The number of para-hydroxylation sites is 2. The molecule has 0 unspecified atom stereocenters. The summed E-state index contributed by atoms with van der Waals surface area (Å²) in [7, 11) is 0. The number of nitrogens with one attached hydrogen (secondary N) is 3. The zero-order chi connectivity index (χ0) is 24.9. The Hall–Kier alpha value is -4.52. The van der Waals surface area contributed by atoms with E-state index in [4.69, 9.17) is 9.15 Å². The van der Waals surface area contributed by atoms with Gasteiger partial charge in [0, 0.05) is 34.5 Å². The number of carbonyl (C=O) groups excluding carboxylic acids is 2. The first-order valence-corrected chi connectivity index (χ1v) is 11.9. The number of aromatic nitrogens is 1. The van der Waals surface area contributed by atoms with Crippen LogP contribution in [0.1, 0.15) is 29.7 Å². The highest BCUT2D eigenvalue weighted by atomic mass is 16.5. The van der Waals surface area contributed by atoms with Gasteiger partial charge in [0.1, 0.15) is 18.2 Å². The quantitative estimate of drug-likeness (QED) is 0.268. The van der Waals surface area contributed by atoms with Crippen molar-refractivity contribution in [2.75, 3.05) is 0 Å². The van der Waals surface area contributed by atoms with Gasteiger partial charge in [0.05, 0.1) is 12.3 Å². The second-order valence-electron chi connectivity index (χ2n) is 8.73. The van der Waals surface area contributed by atoms with Crippen LogP contribution < -0.4 is 10.6 Å². The first kappa shape index (κ1) is 23.2. The maximum Gasteiger partial charge on any atom is 0.408 e. The van der Waals surface area contributed by atoms with E-state index < -0.39 is 12.1 Å². The van der Waals surface area contributed by atoms with Crippen LogP contribution in [0.4, 0.5) is 4.79 Å². The normalized spacial score (nSPS) is 12.8. The number of amides is 2. The first-order valence-electron chi connectivity index (χ1n) is 11.9. The highest BCUT2D eigenvalue weighted by Crippen LogP contribution is 2.22. The van der Waals surface area contributed by atoms with Crippen molar-refractivity contribution in [3.8, 4) is 0 Å². The van der Waals surface area contributed by atoms with Crippen molar-refractivity contribution < 1.29 is 18.7 Å². The lowest BCUT2D eigenvalue weighted by molar-refractivity contribution is -0.123. The van der Waals surface area contributed by atoms with E-state index in [9.17, 15) is 9.59 Å². The lowest BCUT2D eigenvalue weighted by Crippen LogP contribution is -2.48. The summed E-state index contributed by atoms with van der Waals surface area (Å²) in [6, 6.07) is 24.1. The maximum absolute atomic E-state index is 13.3. The molecule has 182 valence electrons. The lowest BCUT2D eigenvalue weighted by Gasteiger charge is -2.21. The molecule has 5 aromatic rings. The van der Waals surface area contributed by atoms with Crippen LogP contribution in [-0.4, -0.2) is 23.0 Å². The standard InChI is InChI=1S/C29H27N3O4/c1-19(20-9-3-2-4-10-20)31-28(33)26(15-21-16-30-25-13-7-5-11-23(21)25)32-29(34)36-18-22-17-35-27-14-8-6-12-24(22)27/h2-14,16-17,19,26,30H,15,18H2,1H3,(H,31,33)(H,32,34)/t19-,26+/m0/s1. The number of hydrogen-bond acceptors (Lipinski definition) is 4. The van der Waals surface area contributed by atoms with Gasteiger partial charge < -0.3 is 24.8 Å². The molecule has 0 aliphatic carbocycles. The number of carbonyl (C=O) groups is 2. The summed E-state index contributed by atoms with van der Waals surface area (Å²) >= 11 is 0. The molecule has 36 heavy (non-hydrogen) atoms.